The number of likely N-dealkylation sites (N-methyl/N-ethyl adjacent to an activating group) is 1. The first-order chi connectivity index (χ1) is 10.5. The van der Waals surface area contributed by atoms with Crippen LogP contribution in [0.1, 0.15) is 18.1 Å². The quantitative estimate of drug-likeness (QED) is 0.874. The number of anilines is 1. The lowest BCUT2D eigenvalue weighted by Gasteiger charge is -2.25. The van der Waals surface area contributed by atoms with Gasteiger partial charge in [0.25, 0.3) is 0 Å². The van der Waals surface area contributed by atoms with Crippen molar-refractivity contribution < 1.29 is 14.3 Å². The van der Waals surface area contributed by atoms with Crippen LogP contribution < -0.4 is 14.4 Å². The summed E-state index contributed by atoms with van der Waals surface area (Å²) in [6.45, 7) is 1.96. The molecule has 1 aliphatic heterocycles. The summed E-state index contributed by atoms with van der Waals surface area (Å²) in [7, 11) is 5.01. The van der Waals surface area contributed by atoms with Gasteiger partial charge in [-0.1, -0.05) is 24.3 Å². The Labute approximate surface area is 130 Å². The van der Waals surface area contributed by atoms with E-state index in [0.29, 0.717) is 11.5 Å². The van der Waals surface area contributed by atoms with Crippen LogP contribution in [-0.2, 0) is 10.2 Å². The van der Waals surface area contributed by atoms with Crippen LogP contribution in [0.4, 0.5) is 5.69 Å². The Kier molecular flexibility index (Phi) is 3.32. The summed E-state index contributed by atoms with van der Waals surface area (Å²) >= 11 is 0. The van der Waals surface area contributed by atoms with Gasteiger partial charge in [0, 0.05) is 12.7 Å². The fraction of sp³-hybridized carbons (Fsp3) is 0.278. The molecule has 0 N–H and O–H groups in total. The lowest BCUT2D eigenvalue weighted by Crippen LogP contribution is -2.37. The molecule has 1 amide bonds. The molecule has 0 aromatic heterocycles. The molecule has 2 aromatic carbocycles. The van der Waals surface area contributed by atoms with Crippen molar-refractivity contribution in [2.45, 2.75) is 12.3 Å². The van der Waals surface area contributed by atoms with Gasteiger partial charge in [-0.3, -0.25) is 4.79 Å². The van der Waals surface area contributed by atoms with Gasteiger partial charge in [-0.25, -0.2) is 0 Å². The monoisotopic (exact) mass is 297 g/mol. The normalized spacial score (nSPS) is 20.0. The van der Waals surface area contributed by atoms with E-state index in [1.54, 1.807) is 19.1 Å². The minimum atomic E-state index is -0.717. The Morgan fingerprint density at radius 2 is 1.68 bits per heavy atom. The second-order valence-corrected chi connectivity index (χ2v) is 5.58. The molecule has 114 valence electrons. The Hall–Kier alpha value is -2.49. The highest BCUT2D eigenvalue weighted by atomic mass is 16.5. The number of rotatable bonds is 3. The number of amides is 1. The third-order valence-electron chi connectivity index (χ3n) is 4.50. The topological polar surface area (TPSA) is 38.8 Å². The number of fused-ring (bicyclic) bond motifs is 1. The molecule has 1 heterocycles. The Morgan fingerprint density at radius 3 is 2.36 bits per heavy atom. The summed E-state index contributed by atoms with van der Waals surface area (Å²) in [6.07, 6.45) is 0. The van der Waals surface area contributed by atoms with Crippen molar-refractivity contribution >= 4 is 11.6 Å². The van der Waals surface area contributed by atoms with Crippen molar-refractivity contribution in [1.29, 1.82) is 0 Å². The van der Waals surface area contributed by atoms with Crippen molar-refractivity contribution in [3.63, 3.8) is 0 Å². The molecule has 0 radical (unpaired) electrons. The summed E-state index contributed by atoms with van der Waals surface area (Å²) in [5.74, 6) is 1.34. The Morgan fingerprint density at radius 1 is 1.00 bits per heavy atom. The number of hydrogen-bond acceptors (Lipinski definition) is 3. The van der Waals surface area contributed by atoms with Gasteiger partial charge in [-0.15, -0.1) is 0 Å². The van der Waals surface area contributed by atoms with Crippen LogP contribution in [-0.4, -0.2) is 27.2 Å². The van der Waals surface area contributed by atoms with E-state index in [4.69, 9.17) is 9.47 Å². The highest BCUT2D eigenvalue weighted by Crippen LogP contribution is 2.46. The van der Waals surface area contributed by atoms with E-state index in [2.05, 4.69) is 0 Å². The number of nitrogens with zero attached hydrogens (tertiary/aromatic N) is 1. The predicted octanol–water partition coefficient (Wildman–Crippen LogP) is 2.99. The van der Waals surface area contributed by atoms with Gasteiger partial charge < -0.3 is 14.4 Å². The highest BCUT2D eigenvalue weighted by molar-refractivity contribution is 6.09. The van der Waals surface area contributed by atoms with Crippen LogP contribution in [0.25, 0.3) is 0 Å². The molecule has 0 bridgehead atoms. The maximum Gasteiger partial charge on any atom is 0.241 e. The van der Waals surface area contributed by atoms with Gasteiger partial charge >= 0.3 is 0 Å². The van der Waals surface area contributed by atoms with E-state index in [-0.39, 0.29) is 5.91 Å². The summed E-state index contributed by atoms with van der Waals surface area (Å²) in [6, 6.07) is 13.5. The lowest BCUT2D eigenvalue weighted by molar-refractivity contribution is -0.121. The number of para-hydroxylation sites is 1. The number of methoxy groups -OCH3 is 2. The van der Waals surface area contributed by atoms with E-state index >= 15 is 0 Å². The van der Waals surface area contributed by atoms with Crippen LogP contribution in [0.3, 0.4) is 0 Å². The minimum Gasteiger partial charge on any atom is -0.493 e. The lowest BCUT2D eigenvalue weighted by atomic mass is 9.77. The van der Waals surface area contributed by atoms with Crippen molar-refractivity contribution in [3.05, 3.63) is 53.6 Å². The van der Waals surface area contributed by atoms with Crippen LogP contribution >= 0.6 is 0 Å². The van der Waals surface area contributed by atoms with E-state index in [1.165, 1.54) is 0 Å². The largest absolute Gasteiger partial charge is 0.493 e. The molecular weight excluding hydrogens is 278 g/mol. The van der Waals surface area contributed by atoms with E-state index in [1.807, 2.05) is 56.4 Å². The Balaban J connectivity index is 2.21. The molecule has 0 saturated carbocycles. The first kappa shape index (κ1) is 14.4. The van der Waals surface area contributed by atoms with E-state index in [9.17, 15) is 4.79 Å². The third kappa shape index (κ3) is 1.80. The van der Waals surface area contributed by atoms with Gasteiger partial charge in [0.15, 0.2) is 11.5 Å². The number of carbonyl (C=O) groups excluding carboxylic acids is 1. The third-order valence-corrected chi connectivity index (χ3v) is 4.50. The first-order valence-electron chi connectivity index (χ1n) is 7.14. The van der Waals surface area contributed by atoms with Gasteiger partial charge in [0.05, 0.1) is 19.6 Å². The van der Waals surface area contributed by atoms with Crippen molar-refractivity contribution in [1.82, 2.24) is 0 Å². The zero-order valence-corrected chi connectivity index (χ0v) is 13.2. The second-order valence-electron chi connectivity index (χ2n) is 5.58. The molecule has 1 unspecified atom stereocenters. The highest BCUT2D eigenvalue weighted by Gasteiger charge is 2.47. The van der Waals surface area contributed by atoms with Gasteiger partial charge in [-0.2, -0.15) is 0 Å². The van der Waals surface area contributed by atoms with Crippen molar-refractivity contribution in [2.75, 3.05) is 26.2 Å². The molecule has 4 nitrogen and oxygen atoms in total. The zero-order valence-electron chi connectivity index (χ0n) is 13.2. The van der Waals surface area contributed by atoms with Gasteiger partial charge in [-0.05, 0) is 36.2 Å². The van der Waals surface area contributed by atoms with E-state index < -0.39 is 5.41 Å². The minimum absolute atomic E-state index is 0.0564. The maximum absolute atomic E-state index is 12.9. The Bertz CT molecular complexity index is 741. The van der Waals surface area contributed by atoms with Crippen molar-refractivity contribution in [2.24, 2.45) is 0 Å². The summed E-state index contributed by atoms with van der Waals surface area (Å²) in [4.78, 5) is 14.6. The second kappa shape index (κ2) is 5.05. The fourth-order valence-electron chi connectivity index (χ4n) is 3.18. The smallest absolute Gasteiger partial charge is 0.241 e. The van der Waals surface area contributed by atoms with Crippen LogP contribution in [0.15, 0.2) is 42.5 Å². The van der Waals surface area contributed by atoms with Crippen LogP contribution in [0.2, 0.25) is 0 Å². The average molecular weight is 297 g/mol. The molecule has 22 heavy (non-hydrogen) atoms. The van der Waals surface area contributed by atoms with Crippen molar-refractivity contribution in [3.8, 4) is 11.5 Å². The molecule has 4 heteroatoms. The van der Waals surface area contributed by atoms with Crippen LogP contribution in [0.5, 0.6) is 11.5 Å². The zero-order chi connectivity index (χ0) is 15.9. The number of hydrogen-bond donors (Lipinski definition) is 0. The fourth-order valence-corrected chi connectivity index (χ4v) is 3.18. The number of benzene rings is 2. The molecule has 1 atom stereocenters. The maximum atomic E-state index is 12.9. The number of ether oxygens (including phenoxy) is 2. The van der Waals surface area contributed by atoms with E-state index in [0.717, 1.165) is 16.8 Å². The molecule has 3 rings (SSSR count). The predicted molar refractivity (Wildman–Crippen MR) is 85.9 cm³/mol. The molecule has 0 aliphatic carbocycles. The average Bonchev–Trinajstić information content (AvgIpc) is 2.77. The molecule has 2 aromatic rings. The SMILES string of the molecule is COc1ccc(C2(C)C(=O)N(C)c3ccccc32)cc1OC. The van der Waals surface area contributed by atoms with Gasteiger partial charge in [0.2, 0.25) is 5.91 Å². The summed E-state index contributed by atoms with van der Waals surface area (Å²) in [5, 5.41) is 0. The summed E-state index contributed by atoms with van der Waals surface area (Å²) in [5.41, 5.74) is 2.14. The molecule has 0 spiro atoms. The summed E-state index contributed by atoms with van der Waals surface area (Å²) < 4.78 is 10.7. The molecule has 0 saturated heterocycles. The molecule has 0 fully saturated rings. The first-order valence-corrected chi connectivity index (χ1v) is 7.14. The van der Waals surface area contributed by atoms with Gasteiger partial charge in [0.1, 0.15) is 0 Å². The number of carbonyl (C=O) groups is 1. The molecule has 1 aliphatic rings. The standard InChI is InChI=1S/C18H19NO3/c1-18(12-9-10-15(21-3)16(11-12)22-4)13-7-5-6-8-14(13)19(2)17(18)20/h5-11H,1-4H3. The van der Waals surface area contributed by atoms with Crippen LogP contribution in [0, 0.1) is 0 Å². The molecular formula is C18H19NO3.